The maximum absolute atomic E-state index is 11.9. The molecule has 0 aromatic carbocycles. The van der Waals surface area contributed by atoms with Crippen LogP contribution in [0.1, 0.15) is 32.0 Å². The van der Waals surface area contributed by atoms with Crippen molar-refractivity contribution < 1.29 is 13.5 Å². The van der Waals surface area contributed by atoms with Gasteiger partial charge in [-0.05, 0) is 26.2 Å². The highest BCUT2D eigenvalue weighted by Gasteiger charge is 2.18. The molecule has 104 valence electrons. The van der Waals surface area contributed by atoms with E-state index in [0.717, 1.165) is 13.0 Å². The number of aliphatic hydroxyl groups is 1. The smallest absolute Gasteiger partial charge is 0.259 e. The van der Waals surface area contributed by atoms with Crippen molar-refractivity contribution in [2.75, 3.05) is 13.2 Å². The zero-order valence-electron chi connectivity index (χ0n) is 10.9. The van der Waals surface area contributed by atoms with Crippen molar-refractivity contribution in [3.63, 3.8) is 0 Å². The lowest BCUT2D eigenvalue weighted by Gasteiger charge is -2.03. The summed E-state index contributed by atoms with van der Waals surface area (Å²) in [6, 6.07) is 0. The average Bonchev–Trinajstić information content (AvgIpc) is 2.68. The van der Waals surface area contributed by atoms with Gasteiger partial charge in [-0.2, -0.15) is 0 Å². The van der Waals surface area contributed by atoms with E-state index >= 15 is 0 Å². The molecule has 0 saturated carbocycles. The van der Waals surface area contributed by atoms with E-state index in [-0.39, 0.29) is 11.6 Å². The Labute approximate surface area is 108 Å². The molecule has 0 spiro atoms. The summed E-state index contributed by atoms with van der Waals surface area (Å²) in [5.41, 5.74) is 0. The van der Waals surface area contributed by atoms with Gasteiger partial charge in [0.15, 0.2) is 5.03 Å². The van der Waals surface area contributed by atoms with E-state index in [1.165, 1.54) is 0 Å². The van der Waals surface area contributed by atoms with Crippen LogP contribution in [0.2, 0.25) is 0 Å². The van der Waals surface area contributed by atoms with Crippen molar-refractivity contribution in [2.24, 2.45) is 0 Å². The fraction of sp³-hybridized carbons (Fsp3) is 0.727. The van der Waals surface area contributed by atoms with Crippen LogP contribution in [0.25, 0.3) is 0 Å². The Morgan fingerprint density at radius 3 is 2.78 bits per heavy atom. The van der Waals surface area contributed by atoms with E-state index in [9.17, 15) is 8.42 Å². The minimum absolute atomic E-state index is 0.0671. The lowest BCUT2D eigenvalue weighted by atomic mass is 10.3. The van der Waals surface area contributed by atoms with Crippen LogP contribution < -0.4 is 4.72 Å². The average molecular weight is 275 g/mol. The first-order valence-electron chi connectivity index (χ1n) is 6.15. The number of sulfonamides is 1. The number of nitrogens with one attached hydrogen (secondary N) is 1. The summed E-state index contributed by atoms with van der Waals surface area (Å²) >= 11 is 0. The van der Waals surface area contributed by atoms with Gasteiger partial charge in [-0.3, -0.25) is 0 Å². The number of hydrogen-bond acceptors (Lipinski definition) is 4. The highest BCUT2D eigenvalue weighted by atomic mass is 32.2. The van der Waals surface area contributed by atoms with Crippen LogP contribution in [0.15, 0.2) is 11.2 Å². The minimum atomic E-state index is -3.52. The normalized spacial score (nSPS) is 11.9. The molecule has 0 amide bonds. The molecule has 7 heteroatoms. The molecule has 0 bridgehead atoms. The largest absolute Gasteiger partial charge is 0.396 e. The first kappa shape index (κ1) is 15.1. The van der Waals surface area contributed by atoms with E-state index in [0.29, 0.717) is 25.2 Å². The quantitative estimate of drug-likeness (QED) is 0.682. The van der Waals surface area contributed by atoms with Gasteiger partial charge in [0, 0.05) is 25.9 Å². The molecule has 1 aromatic rings. The molecule has 0 unspecified atom stereocenters. The summed E-state index contributed by atoms with van der Waals surface area (Å²) in [4.78, 5) is 4.06. The summed E-state index contributed by atoms with van der Waals surface area (Å²) in [7, 11) is -3.52. The molecule has 2 N–H and O–H groups in total. The molecule has 1 rings (SSSR count). The number of rotatable bonds is 8. The fourth-order valence-corrected chi connectivity index (χ4v) is 2.67. The standard InChI is InChI=1S/C11H21N3O3S/c1-3-7-14-9-11(13-10(14)2)18(16,17)12-6-4-5-8-15/h9,12,15H,3-8H2,1-2H3. The Kier molecular flexibility index (Phi) is 5.77. The summed E-state index contributed by atoms with van der Waals surface area (Å²) in [5.74, 6) is 0.701. The van der Waals surface area contributed by atoms with Crippen molar-refractivity contribution in [1.29, 1.82) is 0 Å². The topological polar surface area (TPSA) is 84.2 Å². The maximum Gasteiger partial charge on any atom is 0.259 e. The molecule has 0 atom stereocenters. The van der Waals surface area contributed by atoms with Crippen molar-refractivity contribution in [3.05, 3.63) is 12.0 Å². The fourth-order valence-electron chi connectivity index (χ4n) is 1.59. The van der Waals surface area contributed by atoms with Crippen molar-refractivity contribution in [1.82, 2.24) is 14.3 Å². The van der Waals surface area contributed by atoms with Crippen LogP contribution in [-0.2, 0) is 16.6 Å². The molecular weight excluding hydrogens is 254 g/mol. The minimum Gasteiger partial charge on any atom is -0.396 e. The molecular formula is C11H21N3O3S. The number of nitrogens with zero attached hydrogens (tertiary/aromatic N) is 2. The summed E-state index contributed by atoms with van der Waals surface area (Å²) in [6.45, 7) is 4.98. The second kappa shape index (κ2) is 6.86. The van der Waals surface area contributed by atoms with E-state index in [2.05, 4.69) is 9.71 Å². The maximum atomic E-state index is 11.9. The SMILES string of the molecule is CCCn1cc(S(=O)(=O)NCCCCO)nc1C. The zero-order valence-corrected chi connectivity index (χ0v) is 11.7. The molecule has 0 aliphatic heterocycles. The lowest BCUT2D eigenvalue weighted by molar-refractivity contribution is 0.285. The van der Waals surface area contributed by atoms with Gasteiger partial charge >= 0.3 is 0 Å². The Balaban J connectivity index is 2.69. The van der Waals surface area contributed by atoms with Gasteiger partial charge in [0.05, 0.1) is 0 Å². The van der Waals surface area contributed by atoms with Crippen LogP contribution in [-0.4, -0.2) is 36.2 Å². The van der Waals surface area contributed by atoms with Crippen molar-refractivity contribution >= 4 is 10.0 Å². The van der Waals surface area contributed by atoms with Crippen LogP contribution in [0.5, 0.6) is 0 Å². The zero-order chi connectivity index (χ0) is 13.6. The molecule has 1 aromatic heterocycles. The second-order valence-corrected chi connectivity index (χ2v) is 5.86. The molecule has 0 saturated heterocycles. The molecule has 6 nitrogen and oxygen atoms in total. The number of aryl methyl sites for hydroxylation is 2. The highest BCUT2D eigenvalue weighted by Crippen LogP contribution is 2.09. The molecule has 0 aliphatic carbocycles. The summed E-state index contributed by atoms with van der Waals surface area (Å²) in [6.07, 6.45) is 3.70. The third kappa shape index (κ3) is 4.08. The number of hydrogen-bond donors (Lipinski definition) is 2. The van der Waals surface area contributed by atoms with Crippen LogP contribution in [0, 0.1) is 6.92 Å². The van der Waals surface area contributed by atoms with Crippen LogP contribution in [0.3, 0.4) is 0 Å². The monoisotopic (exact) mass is 275 g/mol. The van der Waals surface area contributed by atoms with E-state index in [1.54, 1.807) is 13.1 Å². The predicted molar refractivity (Wildman–Crippen MR) is 68.8 cm³/mol. The Bertz CT molecular complexity index is 468. The second-order valence-electron chi connectivity index (χ2n) is 4.15. The van der Waals surface area contributed by atoms with E-state index < -0.39 is 10.0 Å². The predicted octanol–water partition coefficient (Wildman–Crippen LogP) is 0.652. The summed E-state index contributed by atoms with van der Waals surface area (Å²) in [5, 5.41) is 8.69. The van der Waals surface area contributed by atoms with Crippen LogP contribution in [0.4, 0.5) is 0 Å². The van der Waals surface area contributed by atoms with Gasteiger partial charge in [-0.1, -0.05) is 6.92 Å². The van der Waals surface area contributed by atoms with Gasteiger partial charge in [0.25, 0.3) is 10.0 Å². The van der Waals surface area contributed by atoms with Gasteiger partial charge in [-0.25, -0.2) is 18.1 Å². The van der Waals surface area contributed by atoms with Gasteiger partial charge in [0.1, 0.15) is 5.82 Å². The molecule has 1 heterocycles. The number of imidazole rings is 1. The third-order valence-electron chi connectivity index (χ3n) is 2.57. The highest BCUT2D eigenvalue weighted by molar-refractivity contribution is 7.89. The molecule has 0 radical (unpaired) electrons. The Morgan fingerprint density at radius 1 is 1.44 bits per heavy atom. The molecule has 0 aliphatic rings. The Morgan fingerprint density at radius 2 is 2.17 bits per heavy atom. The number of unbranched alkanes of at least 4 members (excludes halogenated alkanes) is 1. The van der Waals surface area contributed by atoms with Gasteiger partial charge < -0.3 is 9.67 Å². The first-order chi connectivity index (χ1) is 8.51. The van der Waals surface area contributed by atoms with Gasteiger partial charge in [0.2, 0.25) is 0 Å². The van der Waals surface area contributed by atoms with Crippen molar-refractivity contribution in [2.45, 2.75) is 44.7 Å². The van der Waals surface area contributed by atoms with Crippen molar-refractivity contribution in [3.8, 4) is 0 Å². The lowest BCUT2D eigenvalue weighted by Crippen LogP contribution is -2.25. The number of aliphatic hydroxyl groups excluding tert-OH is 1. The molecule has 18 heavy (non-hydrogen) atoms. The summed E-state index contributed by atoms with van der Waals surface area (Å²) < 4.78 is 28.1. The van der Waals surface area contributed by atoms with Crippen LogP contribution >= 0.6 is 0 Å². The Hall–Kier alpha value is -0.920. The first-order valence-corrected chi connectivity index (χ1v) is 7.64. The number of aromatic nitrogens is 2. The van der Waals surface area contributed by atoms with Gasteiger partial charge in [-0.15, -0.1) is 0 Å². The third-order valence-corrected chi connectivity index (χ3v) is 3.90. The van der Waals surface area contributed by atoms with E-state index in [4.69, 9.17) is 5.11 Å². The molecule has 0 fully saturated rings. The van der Waals surface area contributed by atoms with E-state index in [1.807, 2.05) is 11.5 Å².